The number of carbonyl (C=O) groups is 1. The zero-order valence-corrected chi connectivity index (χ0v) is 10.9. The van der Waals surface area contributed by atoms with E-state index in [2.05, 4.69) is 10.3 Å². The molecule has 0 radical (unpaired) electrons. The van der Waals surface area contributed by atoms with E-state index >= 15 is 0 Å². The van der Waals surface area contributed by atoms with E-state index in [1.807, 2.05) is 0 Å². The van der Waals surface area contributed by atoms with Gasteiger partial charge in [-0.05, 0) is 24.3 Å². The number of aromatic nitrogens is 1. The first-order valence-corrected chi connectivity index (χ1v) is 5.80. The second-order valence-electron chi connectivity index (χ2n) is 4.01. The summed E-state index contributed by atoms with van der Waals surface area (Å²) in [4.78, 5) is 24.9. The molecule has 0 saturated carbocycles. The number of hydrogen-bond acceptors (Lipinski definition) is 6. The van der Waals surface area contributed by atoms with E-state index in [0.29, 0.717) is 11.4 Å². The van der Waals surface area contributed by atoms with E-state index in [1.54, 1.807) is 24.3 Å². The molecule has 0 spiro atoms. The molecule has 0 aliphatic carbocycles. The van der Waals surface area contributed by atoms with Crippen molar-refractivity contribution in [1.29, 1.82) is 0 Å². The number of nitrogens with zero attached hydrogens (tertiary/aromatic N) is 2. The molecule has 1 aromatic carbocycles. The van der Waals surface area contributed by atoms with E-state index in [1.165, 1.54) is 7.11 Å². The highest BCUT2D eigenvalue weighted by molar-refractivity contribution is 5.89. The van der Waals surface area contributed by atoms with Crippen molar-refractivity contribution < 1.29 is 19.6 Å². The van der Waals surface area contributed by atoms with Crippen LogP contribution in [0, 0.1) is 10.1 Å². The van der Waals surface area contributed by atoms with Gasteiger partial charge in [0.25, 0.3) is 0 Å². The van der Waals surface area contributed by atoms with Gasteiger partial charge in [0.1, 0.15) is 5.75 Å². The van der Waals surface area contributed by atoms with Crippen LogP contribution in [-0.4, -0.2) is 28.1 Å². The van der Waals surface area contributed by atoms with Gasteiger partial charge in [0.15, 0.2) is 0 Å². The van der Waals surface area contributed by atoms with E-state index in [4.69, 9.17) is 9.84 Å². The molecule has 8 nitrogen and oxygen atoms in total. The fourth-order valence-corrected chi connectivity index (χ4v) is 1.62. The smallest absolute Gasteiger partial charge is 0.337 e. The van der Waals surface area contributed by atoms with E-state index in [9.17, 15) is 14.9 Å². The summed E-state index contributed by atoms with van der Waals surface area (Å²) in [5.41, 5.74) is -0.0952. The number of ether oxygens (including phenoxy) is 1. The molecule has 0 unspecified atom stereocenters. The van der Waals surface area contributed by atoms with Crippen molar-refractivity contribution in [2.45, 2.75) is 0 Å². The predicted octanol–water partition coefficient (Wildman–Crippen LogP) is 2.44. The van der Waals surface area contributed by atoms with Crippen LogP contribution in [0.1, 0.15) is 10.4 Å². The van der Waals surface area contributed by atoms with Crippen molar-refractivity contribution in [3.63, 3.8) is 0 Å². The van der Waals surface area contributed by atoms with E-state index < -0.39 is 16.6 Å². The fourth-order valence-electron chi connectivity index (χ4n) is 1.62. The number of nitrogens with one attached hydrogen (secondary N) is 1. The second kappa shape index (κ2) is 5.87. The van der Waals surface area contributed by atoms with Crippen LogP contribution in [0.4, 0.5) is 17.2 Å². The first kappa shape index (κ1) is 14.3. The average Bonchev–Trinajstić information content (AvgIpc) is 2.48. The quantitative estimate of drug-likeness (QED) is 0.641. The molecule has 0 aliphatic heterocycles. The standard InChI is InChI=1S/C13H11N3O5/c1-21-10-4-2-9(3-5-10)15-12-11(16(19)20)6-8(7-14-12)13(17)18/h2-7H,1H3,(H,14,15)(H,17,18). The molecule has 2 N–H and O–H groups in total. The molecule has 0 atom stereocenters. The van der Waals surface area contributed by atoms with Gasteiger partial charge >= 0.3 is 11.7 Å². The van der Waals surface area contributed by atoms with Gasteiger partial charge in [-0.25, -0.2) is 9.78 Å². The van der Waals surface area contributed by atoms with Crippen LogP contribution in [-0.2, 0) is 0 Å². The highest BCUT2D eigenvalue weighted by Gasteiger charge is 2.19. The van der Waals surface area contributed by atoms with Crippen LogP contribution < -0.4 is 10.1 Å². The Bertz CT molecular complexity index is 685. The number of carboxylic acids is 1. The minimum absolute atomic E-state index is 0.0323. The van der Waals surface area contributed by atoms with Gasteiger partial charge in [-0.3, -0.25) is 10.1 Å². The summed E-state index contributed by atoms with van der Waals surface area (Å²) in [5, 5.41) is 22.6. The molecule has 21 heavy (non-hydrogen) atoms. The molecule has 2 rings (SSSR count). The Morgan fingerprint density at radius 3 is 2.57 bits per heavy atom. The predicted molar refractivity (Wildman–Crippen MR) is 74.1 cm³/mol. The number of carboxylic acid groups (broad SMARTS) is 1. The third-order valence-corrected chi connectivity index (χ3v) is 2.66. The molecular formula is C13H11N3O5. The maximum Gasteiger partial charge on any atom is 0.337 e. The molecule has 0 fully saturated rings. The number of aromatic carboxylic acids is 1. The molecule has 1 heterocycles. The summed E-state index contributed by atoms with van der Waals surface area (Å²) in [5.74, 6) is -0.666. The highest BCUT2D eigenvalue weighted by Crippen LogP contribution is 2.27. The lowest BCUT2D eigenvalue weighted by atomic mass is 10.2. The van der Waals surface area contributed by atoms with Gasteiger partial charge < -0.3 is 15.2 Å². The van der Waals surface area contributed by atoms with Crippen LogP contribution in [0.2, 0.25) is 0 Å². The number of benzene rings is 1. The first-order valence-electron chi connectivity index (χ1n) is 5.80. The fraction of sp³-hybridized carbons (Fsp3) is 0.0769. The minimum atomic E-state index is -1.28. The molecule has 8 heteroatoms. The highest BCUT2D eigenvalue weighted by atomic mass is 16.6. The second-order valence-corrected chi connectivity index (χ2v) is 4.01. The van der Waals surface area contributed by atoms with Crippen LogP contribution in [0.3, 0.4) is 0 Å². The van der Waals surface area contributed by atoms with Gasteiger partial charge in [0.05, 0.1) is 17.6 Å². The van der Waals surface area contributed by atoms with Gasteiger partial charge in [0.2, 0.25) is 5.82 Å². The SMILES string of the molecule is COc1ccc(Nc2ncc(C(=O)O)cc2[N+](=O)[O-])cc1. The van der Waals surface area contributed by atoms with Crippen molar-refractivity contribution in [2.24, 2.45) is 0 Å². The normalized spacial score (nSPS) is 9.95. The molecule has 0 saturated heterocycles. The number of hydrogen-bond donors (Lipinski definition) is 2. The maximum atomic E-state index is 11.0. The maximum absolute atomic E-state index is 11.0. The monoisotopic (exact) mass is 289 g/mol. The Kier molecular flexibility index (Phi) is 3.98. The summed E-state index contributed by atoms with van der Waals surface area (Å²) in [6.45, 7) is 0. The molecule has 108 valence electrons. The van der Waals surface area contributed by atoms with Gasteiger partial charge in [-0.1, -0.05) is 0 Å². The Morgan fingerprint density at radius 2 is 2.05 bits per heavy atom. The zero-order chi connectivity index (χ0) is 15.4. The van der Waals surface area contributed by atoms with Crippen LogP contribution in [0.15, 0.2) is 36.5 Å². The van der Waals surface area contributed by atoms with Gasteiger partial charge in [-0.15, -0.1) is 0 Å². The lowest BCUT2D eigenvalue weighted by Crippen LogP contribution is -2.04. The van der Waals surface area contributed by atoms with E-state index in [0.717, 1.165) is 12.3 Å². The average molecular weight is 289 g/mol. The Labute approximate surface area is 119 Å². The molecule has 0 bridgehead atoms. The van der Waals surface area contributed by atoms with E-state index in [-0.39, 0.29) is 11.4 Å². The van der Waals surface area contributed by atoms with Crippen molar-refractivity contribution in [1.82, 2.24) is 4.98 Å². The topological polar surface area (TPSA) is 115 Å². The Morgan fingerprint density at radius 1 is 1.38 bits per heavy atom. The molecule has 0 amide bonds. The number of methoxy groups -OCH3 is 1. The summed E-state index contributed by atoms with van der Waals surface area (Å²) >= 11 is 0. The van der Waals surface area contributed by atoms with Crippen molar-refractivity contribution in [3.05, 3.63) is 52.2 Å². The van der Waals surface area contributed by atoms with Crippen molar-refractivity contribution in [2.75, 3.05) is 12.4 Å². The van der Waals surface area contributed by atoms with Crippen LogP contribution >= 0.6 is 0 Å². The van der Waals surface area contributed by atoms with Gasteiger partial charge in [-0.2, -0.15) is 0 Å². The minimum Gasteiger partial charge on any atom is -0.497 e. The number of nitro groups is 1. The summed E-state index contributed by atoms with van der Waals surface area (Å²) in [6.07, 6.45) is 1.06. The largest absolute Gasteiger partial charge is 0.497 e. The summed E-state index contributed by atoms with van der Waals surface area (Å²) in [7, 11) is 1.53. The Balaban J connectivity index is 2.34. The third kappa shape index (κ3) is 3.24. The number of pyridine rings is 1. The molecule has 0 aliphatic rings. The third-order valence-electron chi connectivity index (χ3n) is 2.66. The number of rotatable bonds is 5. The van der Waals surface area contributed by atoms with Crippen LogP contribution in [0.25, 0.3) is 0 Å². The molecule has 1 aromatic heterocycles. The Hall–Kier alpha value is -3.16. The summed E-state index contributed by atoms with van der Waals surface area (Å²) < 4.78 is 5.01. The zero-order valence-electron chi connectivity index (χ0n) is 10.9. The molecular weight excluding hydrogens is 278 g/mol. The van der Waals surface area contributed by atoms with Crippen molar-refractivity contribution >= 4 is 23.2 Å². The lowest BCUT2D eigenvalue weighted by Gasteiger charge is -2.07. The summed E-state index contributed by atoms with van der Waals surface area (Å²) in [6, 6.07) is 7.64. The van der Waals surface area contributed by atoms with Crippen LogP contribution in [0.5, 0.6) is 5.75 Å². The molecule has 2 aromatic rings. The lowest BCUT2D eigenvalue weighted by molar-refractivity contribution is -0.384. The van der Waals surface area contributed by atoms with Gasteiger partial charge in [0, 0.05) is 18.0 Å². The first-order chi connectivity index (χ1) is 10.0. The van der Waals surface area contributed by atoms with Crippen molar-refractivity contribution in [3.8, 4) is 5.75 Å². The number of anilines is 2.